The van der Waals surface area contributed by atoms with Crippen LogP contribution in [-0.2, 0) is 33.9 Å². The van der Waals surface area contributed by atoms with Crippen molar-refractivity contribution in [1.29, 1.82) is 0 Å². The number of amides is 1. The molecule has 1 saturated heterocycles. The van der Waals surface area contributed by atoms with E-state index in [1.807, 2.05) is 0 Å². The Morgan fingerprint density at radius 1 is 1.19 bits per heavy atom. The van der Waals surface area contributed by atoms with Crippen LogP contribution in [0.3, 0.4) is 0 Å². The summed E-state index contributed by atoms with van der Waals surface area (Å²) in [4.78, 5) is 24.4. The van der Waals surface area contributed by atoms with Gasteiger partial charge in [-0.15, -0.1) is 0 Å². The second-order valence-electron chi connectivity index (χ2n) is 7.41. The second kappa shape index (κ2) is 7.98. The van der Waals surface area contributed by atoms with E-state index >= 15 is 0 Å². The van der Waals surface area contributed by atoms with Gasteiger partial charge in [-0.05, 0) is 31.2 Å². The molecular formula is C18H21NO10S2. The van der Waals surface area contributed by atoms with E-state index in [9.17, 15) is 36.6 Å². The maximum atomic E-state index is 13.0. The number of carbonyl (C=O) groups is 2. The van der Waals surface area contributed by atoms with Crippen molar-refractivity contribution in [2.24, 2.45) is 0 Å². The summed E-state index contributed by atoms with van der Waals surface area (Å²) in [6, 6.07) is 4.31. The van der Waals surface area contributed by atoms with Gasteiger partial charge in [-0.1, -0.05) is 17.7 Å². The summed E-state index contributed by atoms with van der Waals surface area (Å²) in [7, 11) is -8.45. The van der Waals surface area contributed by atoms with E-state index in [-0.39, 0.29) is 4.90 Å². The van der Waals surface area contributed by atoms with E-state index in [4.69, 9.17) is 4.74 Å². The molecule has 1 amide bonds. The topological polar surface area (TPSA) is 165 Å². The van der Waals surface area contributed by atoms with Crippen molar-refractivity contribution in [3.8, 4) is 0 Å². The number of aliphatic hydroxyl groups is 2. The molecule has 1 aliphatic carbocycles. The maximum absolute atomic E-state index is 13.0. The number of ketones is 1. The first kappa shape index (κ1) is 23.3. The highest BCUT2D eigenvalue weighted by molar-refractivity contribution is 7.89. The van der Waals surface area contributed by atoms with Crippen LogP contribution >= 0.6 is 0 Å². The Kier molecular flexibility index (Phi) is 6.01. The number of cyclic esters (lactones) is 1. The summed E-state index contributed by atoms with van der Waals surface area (Å²) in [5.41, 5.74) is -1.84. The molecule has 0 spiro atoms. The maximum Gasteiger partial charge on any atom is 0.424 e. The fourth-order valence-electron chi connectivity index (χ4n) is 3.42. The minimum atomic E-state index is -4.40. The van der Waals surface area contributed by atoms with Crippen molar-refractivity contribution in [3.05, 3.63) is 42.0 Å². The van der Waals surface area contributed by atoms with Crippen LogP contribution in [0.15, 0.2) is 41.3 Å². The quantitative estimate of drug-likeness (QED) is 0.511. The fraction of sp³-hybridized carbons (Fsp3) is 0.444. The highest BCUT2D eigenvalue weighted by Gasteiger charge is 2.54. The average molecular weight is 475 g/mol. The molecule has 13 heteroatoms. The number of aryl methyl sites for hydroxylation is 1. The monoisotopic (exact) mass is 475 g/mol. The third kappa shape index (κ3) is 4.50. The average Bonchev–Trinajstić information content (AvgIpc) is 3.03. The lowest BCUT2D eigenvalue weighted by atomic mass is 9.79. The lowest BCUT2D eigenvalue weighted by molar-refractivity contribution is -0.158. The zero-order valence-corrected chi connectivity index (χ0v) is 18.2. The molecule has 1 aliphatic heterocycles. The molecule has 0 aromatic heterocycles. The van der Waals surface area contributed by atoms with Crippen molar-refractivity contribution in [2.75, 3.05) is 12.9 Å². The summed E-state index contributed by atoms with van der Waals surface area (Å²) < 4.78 is 58.7. The number of ether oxygens (including phenoxy) is 1. The highest BCUT2D eigenvalue weighted by atomic mass is 32.2. The second-order valence-corrected chi connectivity index (χ2v) is 10.8. The lowest BCUT2D eigenvalue weighted by Gasteiger charge is -2.38. The third-order valence-electron chi connectivity index (χ3n) is 4.99. The van der Waals surface area contributed by atoms with Crippen LogP contribution in [0.25, 0.3) is 0 Å². The Morgan fingerprint density at radius 2 is 1.81 bits per heavy atom. The van der Waals surface area contributed by atoms with Crippen molar-refractivity contribution in [1.82, 2.24) is 4.31 Å². The molecule has 0 radical (unpaired) electrons. The van der Waals surface area contributed by atoms with Crippen LogP contribution in [0, 0.1) is 6.92 Å². The summed E-state index contributed by atoms with van der Waals surface area (Å²) in [5, 5.41) is 21.4. The molecule has 11 nitrogen and oxygen atoms in total. The molecule has 2 N–H and O–H groups in total. The van der Waals surface area contributed by atoms with Crippen molar-refractivity contribution >= 4 is 32.0 Å². The highest BCUT2D eigenvalue weighted by Crippen LogP contribution is 2.34. The predicted molar refractivity (Wildman–Crippen MR) is 105 cm³/mol. The van der Waals surface area contributed by atoms with Crippen molar-refractivity contribution < 1.29 is 45.6 Å². The van der Waals surface area contributed by atoms with Gasteiger partial charge in [-0.2, -0.15) is 12.7 Å². The van der Waals surface area contributed by atoms with Gasteiger partial charge in [0.15, 0.2) is 11.4 Å². The van der Waals surface area contributed by atoms with Crippen molar-refractivity contribution in [3.63, 3.8) is 0 Å². The number of carbonyl (C=O) groups excluding carboxylic acids is 2. The van der Waals surface area contributed by atoms with Gasteiger partial charge >= 0.3 is 6.09 Å². The normalized spacial score (nSPS) is 29.3. The predicted octanol–water partition coefficient (Wildman–Crippen LogP) is -0.530. The van der Waals surface area contributed by atoms with Gasteiger partial charge in [-0.3, -0.25) is 8.98 Å². The molecule has 3 rings (SSSR count). The van der Waals surface area contributed by atoms with Gasteiger partial charge in [0.2, 0.25) is 0 Å². The Bertz CT molecular complexity index is 1130. The van der Waals surface area contributed by atoms with Gasteiger partial charge in [0.1, 0.15) is 18.8 Å². The van der Waals surface area contributed by atoms with Gasteiger partial charge < -0.3 is 14.9 Å². The third-order valence-corrected chi connectivity index (χ3v) is 7.39. The van der Waals surface area contributed by atoms with Crippen LogP contribution in [0.4, 0.5) is 4.79 Å². The van der Waals surface area contributed by atoms with Crippen LogP contribution < -0.4 is 0 Å². The van der Waals surface area contributed by atoms with Gasteiger partial charge in [0, 0.05) is 6.42 Å². The van der Waals surface area contributed by atoms with Gasteiger partial charge in [0.25, 0.3) is 20.1 Å². The number of hydrogen-bond donors (Lipinski definition) is 2. The molecule has 1 heterocycles. The molecule has 1 aromatic carbocycles. The van der Waals surface area contributed by atoms with E-state index in [0.717, 1.165) is 24.0 Å². The smallest absolute Gasteiger partial charge is 0.424 e. The van der Waals surface area contributed by atoms with Crippen LogP contribution in [0.1, 0.15) is 12.0 Å². The lowest BCUT2D eigenvalue weighted by Crippen LogP contribution is -2.59. The van der Waals surface area contributed by atoms with E-state index in [1.165, 1.54) is 24.3 Å². The van der Waals surface area contributed by atoms with E-state index in [2.05, 4.69) is 4.18 Å². The Balaban J connectivity index is 1.92. The Morgan fingerprint density at radius 3 is 2.39 bits per heavy atom. The molecule has 170 valence electrons. The first-order valence-electron chi connectivity index (χ1n) is 9.05. The van der Waals surface area contributed by atoms with Gasteiger partial charge in [-0.25, -0.2) is 13.2 Å². The standard InChI is InChI=1S/C18H21NO10S2/c1-11-3-5-13(6-4-11)31(26,27)19-12(10-28-17(19)22)9-18(23)15(20)8-7-14(16(18)21)29-30(2,24)25/h3-8,12,14,16,21,23H,9-10H2,1-2H3/t12-,14+,16-,18+/m0/s1. The molecule has 31 heavy (non-hydrogen) atoms. The molecule has 1 fully saturated rings. The number of nitrogens with zero attached hydrogens (tertiary/aromatic N) is 1. The van der Waals surface area contributed by atoms with Crippen LogP contribution in [0.2, 0.25) is 0 Å². The number of hydrogen-bond acceptors (Lipinski definition) is 10. The molecule has 1 aromatic rings. The largest absolute Gasteiger partial charge is 0.446 e. The SMILES string of the molecule is Cc1ccc(S(=O)(=O)N2C(=O)OC[C@@H]2C[C@@]2(O)C(=O)C=C[C@@H](OS(C)(=O)=O)[C@@H]2O)cc1. The number of aliphatic hydroxyl groups excluding tert-OH is 1. The minimum Gasteiger partial charge on any atom is -0.446 e. The van der Waals surface area contributed by atoms with E-state index in [0.29, 0.717) is 4.31 Å². The Labute approximate surface area is 179 Å². The molecule has 0 unspecified atom stereocenters. The molecule has 4 atom stereocenters. The zero-order chi connectivity index (χ0) is 23.2. The zero-order valence-electron chi connectivity index (χ0n) is 16.5. The molecular weight excluding hydrogens is 454 g/mol. The molecule has 2 aliphatic rings. The Hall–Kier alpha value is -2.32. The van der Waals surface area contributed by atoms with Crippen molar-refractivity contribution in [2.45, 2.75) is 42.1 Å². The summed E-state index contributed by atoms with van der Waals surface area (Å²) in [6.45, 7) is 1.27. The number of rotatable bonds is 6. The van der Waals surface area contributed by atoms with Crippen LogP contribution in [-0.4, -0.2) is 79.9 Å². The summed E-state index contributed by atoms with van der Waals surface area (Å²) >= 11 is 0. The van der Waals surface area contributed by atoms with Crippen LogP contribution in [0.5, 0.6) is 0 Å². The molecule has 0 bridgehead atoms. The van der Waals surface area contributed by atoms with Gasteiger partial charge in [0.05, 0.1) is 17.2 Å². The molecule has 0 saturated carbocycles. The number of benzene rings is 1. The first-order chi connectivity index (χ1) is 14.3. The summed E-state index contributed by atoms with van der Waals surface area (Å²) in [6.07, 6.45) is -3.04. The fourth-order valence-corrected chi connectivity index (χ4v) is 5.48. The van der Waals surface area contributed by atoms with E-state index in [1.54, 1.807) is 6.92 Å². The summed E-state index contributed by atoms with van der Waals surface area (Å²) in [5.74, 6) is -1.000. The minimum absolute atomic E-state index is 0.206. The first-order valence-corrected chi connectivity index (χ1v) is 12.3. The number of sulfonamides is 1. The van der Waals surface area contributed by atoms with E-state index < -0.39 is 68.9 Å².